The lowest BCUT2D eigenvalue weighted by molar-refractivity contribution is 0.392. The molecule has 0 fully saturated rings. The first-order chi connectivity index (χ1) is 12.9. The molecule has 2 aromatic carbocycles. The van der Waals surface area contributed by atoms with Crippen LogP contribution in [0.1, 0.15) is 5.56 Å². The van der Waals surface area contributed by atoms with Gasteiger partial charge in [-0.25, -0.2) is 8.42 Å². The van der Waals surface area contributed by atoms with Gasteiger partial charge >= 0.3 is 0 Å². The van der Waals surface area contributed by atoms with E-state index < -0.39 is 10.0 Å². The molecule has 0 saturated heterocycles. The molecule has 7 heteroatoms. The van der Waals surface area contributed by atoms with E-state index in [0.717, 1.165) is 16.7 Å². The number of aromatic nitrogens is 1. The van der Waals surface area contributed by atoms with Crippen LogP contribution in [0.5, 0.6) is 11.5 Å². The van der Waals surface area contributed by atoms with E-state index >= 15 is 0 Å². The minimum atomic E-state index is -3.89. The third-order valence-corrected chi connectivity index (χ3v) is 5.51. The van der Waals surface area contributed by atoms with Gasteiger partial charge < -0.3 is 9.47 Å². The third kappa shape index (κ3) is 4.03. The number of anilines is 1. The number of rotatable bonds is 6. The Morgan fingerprint density at radius 1 is 0.963 bits per heavy atom. The minimum Gasteiger partial charge on any atom is -0.497 e. The molecule has 0 atom stereocenters. The molecular weight excluding hydrogens is 364 g/mol. The van der Waals surface area contributed by atoms with Crippen molar-refractivity contribution in [3.63, 3.8) is 0 Å². The van der Waals surface area contributed by atoms with Crippen LogP contribution in [0.3, 0.4) is 0 Å². The van der Waals surface area contributed by atoms with E-state index in [-0.39, 0.29) is 10.6 Å². The van der Waals surface area contributed by atoms with Gasteiger partial charge in [-0.05, 0) is 36.2 Å². The zero-order chi connectivity index (χ0) is 19.4. The molecule has 0 aliphatic rings. The Kier molecular flexibility index (Phi) is 5.32. The number of aryl methyl sites for hydroxylation is 1. The van der Waals surface area contributed by atoms with E-state index in [1.54, 1.807) is 24.4 Å². The van der Waals surface area contributed by atoms with Gasteiger partial charge in [0.05, 0.1) is 26.1 Å². The number of hydrogen-bond acceptors (Lipinski definition) is 5. The highest BCUT2D eigenvalue weighted by atomic mass is 32.2. The second-order valence-corrected chi connectivity index (χ2v) is 7.55. The number of sulfonamides is 1. The second kappa shape index (κ2) is 7.67. The summed E-state index contributed by atoms with van der Waals surface area (Å²) in [4.78, 5) is 4.16. The van der Waals surface area contributed by atoms with Crippen LogP contribution in [0, 0.1) is 6.92 Å². The van der Waals surface area contributed by atoms with Crippen molar-refractivity contribution >= 4 is 15.7 Å². The summed E-state index contributed by atoms with van der Waals surface area (Å²) in [5.74, 6) is 0.647. The largest absolute Gasteiger partial charge is 0.497 e. The van der Waals surface area contributed by atoms with Crippen LogP contribution < -0.4 is 14.2 Å². The smallest absolute Gasteiger partial charge is 0.265 e. The molecule has 0 bridgehead atoms. The van der Waals surface area contributed by atoms with Gasteiger partial charge in [0.2, 0.25) is 0 Å². The summed E-state index contributed by atoms with van der Waals surface area (Å²) in [5, 5.41) is 0. The first-order valence-electron chi connectivity index (χ1n) is 8.20. The Morgan fingerprint density at radius 2 is 1.74 bits per heavy atom. The third-order valence-electron chi connectivity index (χ3n) is 4.11. The van der Waals surface area contributed by atoms with Crippen molar-refractivity contribution in [3.05, 3.63) is 66.5 Å². The van der Waals surface area contributed by atoms with E-state index in [2.05, 4.69) is 9.71 Å². The number of methoxy groups -OCH3 is 2. The average Bonchev–Trinajstić information content (AvgIpc) is 2.67. The molecule has 0 aliphatic carbocycles. The van der Waals surface area contributed by atoms with Crippen LogP contribution in [0.15, 0.2) is 65.8 Å². The van der Waals surface area contributed by atoms with E-state index in [1.807, 2.05) is 31.2 Å². The maximum atomic E-state index is 12.9. The molecule has 0 amide bonds. The molecule has 1 N–H and O–H groups in total. The number of ether oxygens (including phenoxy) is 2. The first kappa shape index (κ1) is 18.7. The van der Waals surface area contributed by atoms with Gasteiger partial charge in [0.15, 0.2) is 0 Å². The number of nitrogens with one attached hydrogen (secondary N) is 1. The van der Waals surface area contributed by atoms with Crippen LogP contribution in [-0.2, 0) is 10.0 Å². The van der Waals surface area contributed by atoms with Gasteiger partial charge in [0.1, 0.15) is 16.4 Å². The molecular formula is C20H20N2O4S. The summed E-state index contributed by atoms with van der Waals surface area (Å²) < 4.78 is 38.7. The highest BCUT2D eigenvalue weighted by molar-refractivity contribution is 7.92. The number of hydrogen-bond donors (Lipinski definition) is 1. The van der Waals surface area contributed by atoms with Gasteiger partial charge in [-0.1, -0.05) is 24.3 Å². The summed E-state index contributed by atoms with van der Waals surface area (Å²) in [7, 11) is -1.00. The maximum absolute atomic E-state index is 12.9. The van der Waals surface area contributed by atoms with Crippen LogP contribution in [0.4, 0.5) is 5.69 Å². The SMILES string of the molecule is COc1ccc(OC)c(S(=O)(=O)Nc2cncc(-c3ccccc3C)c2)c1. The number of benzene rings is 2. The molecule has 0 unspecified atom stereocenters. The van der Waals surface area contributed by atoms with E-state index in [0.29, 0.717) is 11.4 Å². The topological polar surface area (TPSA) is 77.5 Å². The normalized spacial score (nSPS) is 11.1. The number of pyridine rings is 1. The predicted octanol–water partition coefficient (Wildman–Crippen LogP) is 3.88. The van der Waals surface area contributed by atoms with Crippen molar-refractivity contribution in [1.29, 1.82) is 0 Å². The average molecular weight is 384 g/mol. The van der Waals surface area contributed by atoms with Crippen molar-refractivity contribution in [2.75, 3.05) is 18.9 Å². The molecule has 0 radical (unpaired) electrons. The Balaban J connectivity index is 1.98. The lowest BCUT2D eigenvalue weighted by Crippen LogP contribution is -2.14. The molecule has 0 aliphatic heterocycles. The van der Waals surface area contributed by atoms with E-state index in [1.165, 1.54) is 26.5 Å². The molecule has 0 spiro atoms. The molecule has 1 heterocycles. The molecule has 1 aromatic heterocycles. The summed E-state index contributed by atoms with van der Waals surface area (Å²) >= 11 is 0. The maximum Gasteiger partial charge on any atom is 0.265 e. The van der Waals surface area contributed by atoms with Gasteiger partial charge in [0, 0.05) is 17.8 Å². The van der Waals surface area contributed by atoms with Crippen LogP contribution in [0.25, 0.3) is 11.1 Å². The molecule has 0 saturated carbocycles. The van der Waals surface area contributed by atoms with Gasteiger partial charge in [-0.3, -0.25) is 9.71 Å². The standard InChI is InChI=1S/C20H20N2O4S/c1-14-6-4-5-7-18(14)15-10-16(13-21-12-15)22-27(23,24)20-11-17(25-2)8-9-19(20)26-3/h4-13,22H,1-3H3. The van der Waals surface area contributed by atoms with E-state index in [4.69, 9.17) is 9.47 Å². The van der Waals surface area contributed by atoms with Crippen molar-refractivity contribution in [1.82, 2.24) is 4.98 Å². The fraction of sp³-hybridized carbons (Fsp3) is 0.150. The fourth-order valence-corrected chi connectivity index (χ4v) is 3.96. The summed E-state index contributed by atoms with van der Waals surface area (Å²) in [6.45, 7) is 1.99. The summed E-state index contributed by atoms with van der Waals surface area (Å²) in [6.07, 6.45) is 3.16. The lowest BCUT2D eigenvalue weighted by Gasteiger charge is -2.13. The molecule has 140 valence electrons. The zero-order valence-corrected chi connectivity index (χ0v) is 16.1. The van der Waals surface area contributed by atoms with Crippen molar-refractivity contribution in [2.45, 2.75) is 11.8 Å². The minimum absolute atomic E-state index is 0.00866. The highest BCUT2D eigenvalue weighted by Crippen LogP contribution is 2.31. The zero-order valence-electron chi connectivity index (χ0n) is 15.3. The van der Waals surface area contributed by atoms with Gasteiger partial charge in [0.25, 0.3) is 10.0 Å². The fourth-order valence-electron chi connectivity index (χ4n) is 2.74. The Bertz CT molecular complexity index is 1070. The molecule has 27 heavy (non-hydrogen) atoms. The summed E-state index contributed by atoms with van der Waals surface area (Å²) in [6, 6.07) is 14.2. The monoisotopic (exact) mass is 384 g/mol. The van der Waals surface area contributed by atoms with Gasteiger partial charge in [-0.2, -0.15) is 0 Å². The lowest BCUT2D eigenvalue weighted by atomic mass is 10.0. The second-order valence-electron chi connectivity index (χ2n) is 5.90. The summed E-state index contributed by atoms with van der Waals surface area (Å²) in [5.41, 5.74) is 3.25. The van der Waals surface area contributed by atoms with Crippen molar-refractivity contribution < 1.29 is 17.9 Å². The van der Waals surface area contributed by atoms with E-state index in [9.17, 15) is 8.42 Å². The first-order valence-corrected chi connectivity index (χ1v) is 9.69. The van der Waals surface area contributed by atoms with Crippen LogP contribution in [-0.4, -0.2) is 27.6 Å². The Morgan fingerprint density at radius 3 is 2.44 bits per heavy atom. The van der Waals surface area contributed by atoms with Crippen LogP contribution in [0.2, 0.25) is 0 Å². The number of nitrogens with zero attached hydrogens (tertiary/aromatic N) is 1. The van der Waals surface area contributed by atoms with Crippen molar-refractivity contribution in [2.24, 2.45) is 0 Å². The van der Waals surface area contributed by atoms with Crippen molar-refractivity contribution in [3.8, 4) is 22.6 Å². The molecule has 3 rings (SSSR count). The Hall–Kier alpha value is -3.06. The van der Waals surface area contributed by atoms with Gasteiger partial charge in [-0.15, -0.1) is 0 Å². The Labute approximate surface area is 158 Å². The predicted molar refractivity (Wildman–Crippen MR) is 105 cm³/mol. The molecule has 3 aromatic rings. The quantitative estimate of drug-likeness (QED) is 0.698. The highest BCUT2D eigenvalue weighted by Gasteiger charge is 2.21. The van der Waals surface area contributed by atoms with Crippen LogP contribution >= 0.6 is 0 Å². The molecule has 6 nitrogen and oxygen atoms in total.